The Hall–Kier alpha value is -2.10. The molecule has 21 heteroatoms. The Bertz CT molecular complexity index is 2120. The van der Waals surface area contributed by atoms with E-state index in [4.69, 9.17) is 47.4 Å². The molecule has 4 aliphatic carbocycles. The first-order valence-electron chi connectivity index (χ1n) is 26.6. The summed E-state index contributed by atoms with van der Waals surface area (Å²) < 4.78 is 59.5. The largest absolute Gasteiger partial charge is 0.458 e. The standard InChI is InChI=1S/C53H82O21/c1-23(2)11-10-16-52(8)43-27(55)19-51(7)26-12-13-31-49(4,5)32(15-17-50(31,6)25(26)14-18-53(43,51)48(64)74-52)70-47-42(33(58)28(56)21-67-47)73-45-36(61)35(60)39(24(3)68-45)71-44-37(62)40(29(57)22-66-44)72-46-38(63)41(65-9)34(59)30(20-54)69-46/h11,14,24,26,28-47,54,56-63H,10,12-13,15-22H2,1-9H3/t24-,26-,28-,29-,30-,31+,32+,33+,34-,35-,36-,37-,38-,39-,40+,41+,42-,43-,44+,45+,46+,47+,50-,51+,52+,53-/m1/s1. The summed E-state index contributed by atoms with van der Waals surface area (Å²) in [6.45, 7) is 14.9. The van der Waals surface area contributed by atoms with E-state index >= 15 is 0 Å². The Morgan fingerprint density at radius 2 is 1.38 bits per heavy atom. The highest BCUT2D eigenvalue weighted by atomic mass is 16.8. The van der Waals surface area contributed by atoms with E-state index in [1.54, 1.807) is 0 Å². The minimum Gasteiger partial charge on any atom is -0.458 e. The van der Waals surface area contributed by atoms with Crippen LogP contribution in [0, 0.1) is 39.4 Å². The van der Waals surface area contributed by atoms with Crippen molar-refractivity contribution in [2.75, 3.05) is 26.9 Å². The number of carbonyl (C=O) groups excluding carboxylic acids is 2. The zero-order valence-corrected chi connectivity index (χ0v) is 44.1. The molecule has 0 bridgehead atoms. The van der Waals surface area contributed by atoms with Gasteiger partial charge in [-0.2, -0.15) is 0 Å². The lowest BCUT2D eigenvalue weighted by molar-refractivity contribution is -0.382. The van der Waals surface area contributed by atoms with Gasteiger partial charge in [-0.15, -0.1) is 0 Å². The molecule has 0 aromatic carbocycles. The molecule has 5 heterocycles. The number of hydrogen-bond donors (Lipinski definition) is 9. The van der Waals surface area contributed by atoms with Crippen LogP contribution in [0.4, 0.5) is 0 Å². The molecule has 5 aliphatic heterocycles. The van der Waals surface area contributed by atoms with Crippen molar-refractivity contribution in [3.63, 3.8) is 0 Å². The molecule has 9 rings (SSSR count). The minimum atomic E-state index is -1.83. The van der Waals surface area contributed by atoms with E-state index in [1.165, 1.54) is 25.2 Å². The van der Waals surface area contributed by atoms with Gasteiger partial charge in [0.1, 0.15) is 90.7 Å². The van der Waals surface area contributed by atoms with Crippen LogP contribution in [0.5, 0.6) is 0 Å². The number of allylic oxidation sites excluding steroid dienone is 4. The number of esters is 1. The Morgan fingerprint density at radius 3 is 2.07 bits per heavy atom. The molecule has 0 unspecified atom stereocenters. The van der Waals surface area contributed by atoms with Gasteiger partial charge >= 0.3 is 5.97 Å². The van der Waals surface area contributed by atoms with Crippen molar-refractivity contribution < 1.29 is 103 Å². The Labute approximate surface area is 432 Å². The third kappa shape index (κ3) is 9.11. The predicted octanol–water partition coefficient (Wildman–Crippen LogP) is 0.430. The van der Waals surface area contributed by atoms with Gasteiger partial charge in [0.2, 0.25) is 0 Å². The molecule has 5 saturated heterocycles. The number of aliphatic hydroxyl groups excluding tert-OH is 9. The summed E-state index contributed by atoms with van der Waals surface area (Å²) in [6.07, 6.45) is -17.8. The maximum atomic E-state index is 14.3. The van der Waals surface area contributed by atoms with E-state index in [2.05, 4.69) is 39.8 Å². The normalized spacial score (nSPS) is 52.0. The first kappa shape index (κ1) is 56.6. The molecule has 420 valence electrons. The highest BCUT2D eigenvalue weighted by Crippen LogP contribution is 2.75. The Kier molecular flexibility index (Phi) is 16.0. The van der Waals surface area contributed by atoms with Crippen molar-refractivity contribution in [3.05, 3.63) is 23.3 Å². The number of carbonyl (C=O) groups is 2. The third-order valence-corrected chi connectivity index (χ3v) is 19.4. The summed E-state index contributed by atoms with van der Waals surface area (Å²) in [5.41, 5.74) is -0.713. The summed E-state index contributed by atoms with van der Waals surface area (Å²) in [4.78, 5) is 28.6. The Morgan fingerprint density at radius 1 is 0.730 bits per heavy atom. The van der Waals surface area contributed by atoms with Gasteiger partial charge in [0, 0.05) is 13.5 Å². The summed E-state index contributed by atoms with van der Waals surface area (Å²) in [5.74, 6) is -0.538. The van der Waals surface area contributed by atoms with Crippen LogP contribution in [-0.2, 0) is 57.0 Å². The maximum absolute atomic E-state index is 14.3. The fraction of sp³-hybridized carbons (Fsp3) is 0.887. The number of fused-ring (bicyclic) bond motifs is 4. The van der Waals surface area contributed by atoms with Crippen molar-refractivity contribution in [2.24, 2.45) is 39.4 Å². The van der Waals surface area contributed by atoms with E-state index in [-0.39, 0.29) is 35.6 Å². The number of ether oxygens (including phenoxy) is 10. The fourth-order valence-electron chi connectivity index (χ4n) is 15.5. The molecule has 74 heavy (non-hydrogen) atoms. The minimum absolute atomic E-state index is 0.00570. The monoisotopic (exact) mass is 1050 g/mol. The molecule has 0 aromatic heterocycles. The highest BCUT2D eigenvalue weighted by Gasteiger charge is 2.79. The number of methoxy groups -OCH3 is 1. The molecule has 0 amide bonds. The lowest BCUT2D eigenvalue weighted by atomic mass is 9.41. The van der Waals surface area contributed by atoms with Gasteiger partial charge in [0.05, 0.1) is 43.4 Å². The lowest BCUT2D eigenvalue weighted by Crippen LogP contribution is -2.65. The first-order chi connectivity index (χ1) is 34.8. The van der Waals surface area contributed by atoms with E-state index in [9.17, 15) is 55.5 Å². The van der Waals surface area contributed by atoms with Gasteiger partial charge in [0.25, 0.3) is 0 Å². The van der Waals surface area contributed by atoms with Crippen LogP contribution >= 0.6 is 0 Å². The number of cyclic esters (lactones) is 1. The van der Waals surface area contributed by atoms with Gasteiger partial charge in [0.15, 0.2) is 25.2 Å². The maximum Gasteiger partial charge on any atom is 0.314 e. The van der Waals surface area contributed by atoms with Crippen LogP contribution in [0.15, 0.2) is 23.3 Å². The first-order valence-corrected chi connectivity index (χ1v) is 26.6. The van der Waals surface area contributed by atoms with Gasteiger partial charge in [-0.05, 0) is 101 Å². The number of aliphatic hydroxyl groups is 9. The second-order valence-corrected chi connectivity index (χ2v) is 24.4. The van der Waals surface area contributed by atoms with Crippen LogP contribution in [0.3, 0.4) is 0 Å². The fourth-order valence-corrected chi connectivity index (χ4v) is 15.5. The van der Waals surface area contributed by atoms with E-state index in [1.807, 2.05) is 20.8 Å². The second-order valence-electron chi connectivity index (χ2n) is 24.4. The van der Waals surface area contributed by atoms with Crippen molar-refractivity contribution >= 4 is 11.8 Å². The van der Waals surface area contributed by atoms with Crippen LogP contribution < -0.4 is 0 Å². The topological polar surface area (TPSA) is 309 Å². The molecule has 8 fully saturated rings. The van der Waals surface area contributed by atoms with E-state index < -0.39 is 158 Å². The number of ketones is 1. The molecule has 9 aliphatic rings. The van der Waals surface area contributed by atoms with Gasteiger partial charge in [-0.25, -0.2) is 0 Å². The predicted molar refractivity (Wildman–Crippen MR) is 255 cm³/mol. The zero-order chi connectivity index (χ0) is 53.8. The zero-order valence-electron chi connectivity index (χ0n) is 44.1. The van der Waals surface area contributed by atoms with Crippen LogP contribution in [0.2, 0.25) is 0 Å². The molecule has 0 radical (unpaired) electrons. The SMILES string of the molecule is CO[C@@H]1[C@@H](O)[C@H](O[C@@H]2[C@@H](O)[C@H](O[C@H]3[C@H](O)[C@@H](O)[C@H](O[C@H]4[C@H](O[C@H]5CC[C@]6(C)C7=CC[C@]89C(=O)O[C@@](C)(CCC=C(C)C)[C@H]8C(=O)C[C@@]9(C)[C@@H]7CC[C@H]6C5(C)C)OC[C@@H](O)[C@@H]4O)O[C@@H]3C)OC[C@H]2O)O[C@H](CO)[C@H]1O. The molecule has 26 atom stereocenters. The van der Waals surface area contributed by atoms with Gasteiger partial charge in [-0.1, -0.05) is 51.0 Å². The van der Waals surface area contributed by atoms with Crippen molar-refractivity contribution in [2.45, 2.75) is 229 Å². The number of Topliss-reactive ketones (excluding diaryl/α,β-unsaturated/α-hetero) is 1. The highest BCUT2D eigenvalue weighted by molar-refractivity contribution is 5.99. The van der Waals surface area contributed by atoms with Crippen LogP contribution in [-0.4, -0.2) is 207 Å². The van der Waals surface area contributed by atoms with Crippen LogP contribution in [0.25, 0.3) is 0 Å². The summed E-state index contributed by atoms with van der Waals surface area (Å²) in [7, 11) is 1.23. The van der Waals surface area contributed by atoms with E-state index in [0.29, 0.717) is 25.7 Å². The number of rotatable bonds is 13. The average molecular weight is 1060 g/mol. The summed E-state index contributed by atoms with van der Waals surface area (Å²) in [6, 6.07) is 0. The molecule has 21 nitrogen and oxygen atoms in total. The van der Waals surface area contributed by atoms with Crippen molar-refractivity contribution in [1.82, 2.24) is 0 Å². The molecule has 9 N–H and O–H groups in total. The van der Waals surface area contributed by atoms with E-state index in [0.717, 1.165) is 25.7 Å². The molecular formula is C53H82O21. The van der Waals surface area contributed by atoms with Gasteiger partial charge < -0.3 is 93.3 Å². The van der Waals surface area contributed by atoms with Crippen molar-refractivity contribution in [3.8, 4) is 0 Å². The van der Waals surface area contributed by atoms with Gasteiger partial charge in [-0.3, -0.25) is 9.59 Å². The summed E-state index contributed by atoms with van der Waals surface area (Å²) >= 11 is 0. The number of hydrogen-bond acceptors (Lipinski definition) is 21. The quantitative estimate of drug-likeness (QED) is 0.0686. The van der Waals surface area contributed by atoms with Crippen LogP contribution in [0.1, 0.15) is 107 Å². The van der Waals surface area contributed by atoms with Crippen molar-refractivity contribution in [1.29, 1.82) is 0 Å². The molecule has 3 saturated carbocycles. The smallest absolute Gasteiger partial charge is 0.314 e. The average Bonchev–Trinajstić information content (AvgIpc) is 3.77. The summed E-state index contributed by atoms with van der Waals surface area (Å²) in [5, 5.41) is 98.5. The second kappa shape index (κ2) is 20.8. The molecular weight excluding hydrogens is 973 g/mol. The molecule has 0 aromatic rings. The molecule has 1 spiro atoms. The third-order valence-electron chi connectivity index (χ3n) is 19.4. The Balaban J connectivity index is 0.861. The lowest BCUT2D eigenvalue weighted by Gasteiger charge is -2.63.